The molecule has 0 atom stereocenters. The summed E-state index contributed by atoms with van der Waals surface area (Å²) in [6, 6.07) is 7.52. The maximum absolute atomic E-state index is 12.1. The molecule has 2 rings (SSSR count). The highest BCUT2D eigenvalue weighted by atomic mass is 16.2. The van der Waals surface area contributed by atoms with E-state index in [-0.39, 0.29) is 5.91 Å². The second-order valence-electron chi connectivity index (χ2n) is 4.89. The Bertz CT molecular complexity index is 586. The lowest BCUT2D eigenvalue weighted by Gasteiger charge is -1.99. The topological polar surface area (TPSA) is 47.8 Å². The molecule has 20 heavy (non-hydrogen) atoms. The van der Waals surface area contributed by atoms with Crippen molar-refractivity contribution in [3.8, 4) is 0 Å². The molecule has 0 spiro atoms. The number of fused-ring (bicyclic) bond motifs is 1. The van der Waals surface area contributed by atoms with Gasteiger partial charge < -0.3 is 0 Å². The van der Waals surface area contributed by atoms with Crippen LogP contribution in [0.15, 0.2) is 36.4 Å². The van der Waals surface area contributed by atoms with E-state index in [0.717, 1.165) is 23.9 Å². The fourth-order valence-corrected chi connectivity index (χ4v) is 2.11. The zero-order valence-corrected chi connectivity index (χ0v) is 12.0. The molecule has 1 aromatic carbocycles. The first-order valence-electron chi connectivity index (χ1n) is 7.31. The van der Waals surface area contributed by atoms with Gasteiger partial charge in [-0.3, -0.25) is 4.79 Å². The maximum atomic E-state index is 12.1. The number of hydrogen-bond acceptors (Lipinski definition) is 3. The molecule has 0 amide bonds. The van der Waals surface area contributed by atoms with E-state index in [1.165, 1.54) is 23.9 Å². The maximum Gasteiger partial charge on any atom is 0.249 e. The number of para-hydroxylation sites is 1. The fourth-order valence-electron chi connectivity index (χ4n) is 2.11. The number of nitrogens with zero attached hydrogens (tertiary/aromatic N) is 3. The van der Waals surface area contributed by atoms with E-state index in [2.05, 4.69) is 29.4 Å². The molecule has 4 nitrogen and oxygen atoms in total. The summed E-state index contributed by atoms with van der Waals surface area (Å²) in [5, 5.41) is 7.92. The summed E-state index contributed by atoms with van der Waals surface area (Å²) in [7, 11) is 0. The van der Waals surface area contributed by atoms with Crippen LogP contribution in [-0.2, 0) is 0 Å². The van der Waals surface area contributed by atoms with Gasteiger partial charge in [0, 0.05) is 6.42 Å². The van der Waals surface area contributed by atoms with E-state index in [1.807, 2.05) is 24.3 Å². The van der Waals surface area contributed by atoms with Crippen molar-refractivity contribution in [1.29, 1.82) is 0 Å². The first kappa shape index (κ1) is 14.4. The predicted octanol–water partition coefficient (Wildman–Crippen LogP) is 3.99. The lowest BCUT2D eigenvalue weighted by atomic mass is 10.2. The van der Waals surface area contributed by atoms with Crippen molar-refractivity contribution in [2.75, 3.05) is 0 Å². The van der Waals surface area contributed by atoms with Gasteiger partial charge in [0.15, 0.2) is 0 Å². The minimum atomic E-state index is -0.00286. The number of unbranched alkanes of at least 4 members (excludes halogenated alkanes) is 3. The van der Waals surface area contributed by atoms with Gasteiger partial charge >= 0.3 is 0 Å². The van der Waals surface area contributed by atoms with E-state index in [4.69, 9.17) is 0 Å². The van der Waals surface area contributed by atoms with Gasteiger partial charge in [-0.25, -0.2) is 0 Å². The Morgan fingerprint density at radius 3 is 2.85 bits per heavy atom. The van der Waals surface area contributed by atoms with Crippen LogP contribution >= 0.6 is 0 Å². The molecule has 0 N–H and O–H groups in total. The van der Waals surface area contributed by atoms with Gasteiger partial charge in [-0.15, -0.1) is 5.10 Å². The molecular weight excluding hydrogens is 250 g/mol. The minimum Gasteiger partial charge on any atom is -0.272 e. The molecule has 0 aliphatic carbocycles. The normalized spacial score (nSPS) is 11.4. The average Bonchev–Trinajstić information content (AvgIpc) is 2.90. The van der Waals surface area contributed by atoms with Crippen molar-refractivity contribution < 1.29 is 4.79 Å². The Hall–Kier alpha value is -1.97. The first-order valence-corrected chi connectivity index (χ1v) is 7.31. The Labute approximate surface area is 119 Å². The number of rotatable bonds is 7. The van der Waals surface area contributed by atoms with Crippen LogP contribution in [0.25, 0.3) is 11.0 Å². The first-order chi connectivity index (χ1) is 9.83. The molecule has 0 unspecified atom stereocenters. The number of carbonyl (C=O) groups is 1. The second kappa shape index (κ2) is 7.58. The number of carbonyl (C=O) groups excluding carboxylic acids is 1. The van der Waals surface area contributed by atoms with Crippen LogP contribution in [0.4, 0.5) is 0 Å². The molecule has 0 radical (unpaired) electrons. The Morgan fingerprint density at radius 2 is 2.00 bits per heavy atom. The Morgan fingerprint density at radius 1 is 1.20 bits per heavy atom. The van der Waals surface area contributed by atoms with E-state index in [0.29, 0.717) is 6.42 Å². The van der Waals surface area contributed by atoms with Crippen LogP contribution in [0.2, 0.25) is 0 Å². The van der Waals surface area contributed by atoms with Crippen molar-refractivity contribution in [3.05, 3.63) is 36.4 Å². The van der Waals surface area contributed by atoms with Gasteiger partial charge in [0.05, 0.1) is 5.52 Å². The monoisotopic (exact) mass is 271 g/mol. The molecule has 0 saturated heterocycles. The zero-order valence-electron chi connectivity index (χ0n) is 12.0. The third-order valence-corrected chi connectivity index (χ3v) is 3.25. The SMILES string of the molecule is CCCCC/C=C/CCC(=O)n1nnc2ccccc21. The molecule has 2 aromatic rings. The van der Waals surface area contributed by atoms with Gasteiger partial charge in [-0.2, -0.15) is 4.68 Å². The van der Waals surface area contributed by atoms with E-state index >= 15 is 0 Å². The molecule has 0 aliphatic heterocycles. The summed E-state index contributed by atoms with van der Waals surface area (Å²) in [6.45, 7) is 2.20. The Kier molecular flexibility index (Phi) is 5.47. The van der Waals surface area contributed by atoms with Crippen molar-refractivity contribution >= 4 is 16.9 Å². The van der Waals surface area contributed by atoms with Crippen LogP contribution in [-0.4, -0.2) is 20.9 Å². The smallest absolute Gasteiger partial charge is 0.249 e. The van der Waals surface area contributed by atoms with E-state index in [9.17, 15) is 4.79 Å². The summed E-state index contributed by atoms with van der Waals surface area (Å²) in [5.41, 5.74) is 1.54. The highest BCUT2D eigenvalue weighted by Gasteiger charge is 2.09. The number of aromatic nitrogens is 3. The highest BCUT2D eigenvalue weighted by Crippen LogP contribution is 2.11. The van der Waals surface area contributed by atoms with Crippen LogP contribution in [0.3, 0.4) is 0 Å². The van der Waals surface area contributed by atoms with Crippen LogP contribution < -0.4 is 0 Å². The van der Waals surface area contributed by atoms with Crippen molar-refractivity contribution in [3.63, 3.8) is 0 Å². The Balaban J connectivity index is 1.83. The number of benzene rings is 1. The van der Waals surface area contributed by atoms with Crippen molar-refractivity contribution in [2.24, 2.45) is 0 Å². The summed E-state index contributed by atoms with van der Waals surface area (Å²) in [5.74, 6) is -0.00286. The van der Waals surface area contributed by atoms with Gasteiger partial charge in [0.1, 0.15) is 5.52 Å². The van der Waals surface area contributed by atoms with Crippen LogP contribution in [0, 0.1) is 0 Å². The highest BCUT2D eigenvalue weighted by molar-refractivity contribution is 5.88. The van der Waals surface area contributed by atoms with Crippen LogP contribution in [0.5, 0.6) is 0 Å². The van der Waals surface area contributed by atoms with Crippen molar-refractivity contribution in [1.82, 2.24) is 15.0 Å². The minimum absolute atomic E-state index is 0.00286. The molecule has 0 aliphatic rings. The molecule has 4 heteroatoms. The van der Waals surface area contributed by atoms with Gasteiger partial charge in [-0.05, 0) is 31.4 Å². The molecule has 0 bridgehead atoms. The standard InChI is InChI=1S/C16H21N3O/c1-2-3-4-5-6-7-8-13-16(20)19-15-12-10-9-11-14(15)17-18-19/h6-7,9-12H,2-5,8,13H2,1H3/b7-6+. The van der Waals surface area contributed by atoms with Gasteiger partial charge in [-0.1, -0.05) is 49.3 Å². The molecule has 0 fully saturated rings. The van der Waals surface area contributed by atoms with E-state index in [1.54, 1.807) is 0 Å². The summed E-state index contributed by atoms with van der Waals surface area (Å²) < 4.78 is 1.40. The average molecular weight is 271 g/mol. The van der Waals surface area contributed by atoms with Gasteiger partial charge in [0.25, 0.3) is 0 Å². The molecule has 0 saturated carbocycles. The zero-order chi connectivity index (χ0) is 14.2. The summed E-state index contributed by atoms with van der Waals surface area (Å²) >= 11 is 0. The second-order valence-corrected chi connectivity index (χ2v) is 4.89. The quantitative estimate of drug-likeness (QED) is 0.565. The molecule has 1 aromatic heterocycles. The lowest BCUT2D eigenvalue weighted by molar-refractivity contribution is 0.0891. The van der Waals surface area contributed by atoms with Gasteiger partial charge in [0.2, 0.25) is 5.91 Å². The summed E-state index contributed by atoms with van der Waals surface area (Å²) in [4.78, 5) is 12.1. The van der Waals surface area contributed by atoms with Crippen molar-refractivity contribution in [2.45, 2.75) is 45.4 Å². The third kappa shape index (κ3) is 3.76. The summed E-state index contributed by atoms with van der Waals surface area (Å²) in [6.07, 6.45) is 10.3. The molecule has 1 heterocycles. The largest absolute Gasteiger partial charge is 0.272 e. The predicted molar refractivity (Wildman–Crippen MR) is 80.7 cm³/mol. The lowest BCUT2D eigenvalue weighted by Crippen LogP contribution is -2.11. The number of allylic oxidation sites excluding steroid dienone is 2. The molecular formula is C16H21N3O. The molecule has 106 valence electrons. The fraction of sp³-hybridized carbons (Fsp3) is 0.438. The van der Waals surface area contributed by atoms with E-state index < -0.39 is 0 Å². The van der Waals surface area contributed by atoms with Crippen LogP contribution in [0.1, 0.15) is 50.2 Å². The third-order valence-electron chi connectivity index (χ3n) is 3.25. The number of hydrogen-bond donors (Lipinski definition) is 0.